The number of aliphatic hydroxyl groups is 1. The molecule has 0 aromatic heterocycles. The fraction of sp³-hybridized carbons (Fsp3) is 0.600. The molecule has 0 radical (unpaired) electrons. The molecule has 0 heterocycles. The van der Waals surface area contributed by atoms with E-state index in [0.29, 0.717) is 23.9 Å². The summed E-state index contributed by atoms with van der Waals surface area (Å²) >= 11 is 0. The third-order valence-corrected chi connectivity index (χ3v) is 9.89. The van der Waals surface area contributed by atoms with Crippen LogP contribution in [0, 0.1) is 0 Å². The normalized spacial score (nSPS) is 15.1. The molecule has 0 aliphatic rings. The highest BCUT2D eigenvalue weighted by atomic mass is 31.2. The molecule has 0 fully saturated rings. The average Bonchev–Trinajstić information content (AvgIpc) is 3.21. The summed E-state index contributed by atoms with van der Waals surface area (Å²) in [4.78, 5) is 35.4. The van der Waals surface area contributed by atoms with Crippen molar-refractivity contribution >= 4 is 19.8 Å². The van der Waals surface area contributed by atoms with Crippen molar-refractivity contribution in [3.63, 3.8) is 0 Å². The number of esters is 2. The number of hydrogen-bond donors (Lipinski definition) is 2. The van der Waals surface area contributed by atoms with Crippen molar-refractivity contribution in [2.24, 2.45) is 0 Å². The van der Waals surface area contributed by atoms with Gasteiger partial charge >= 0.3 is 19.8 Å². The van der Waals surface area contributed by atoms with Crippen LogP contribution in [0.4, 0.5) is 0 Å². The fourth-order valence-electron chi connectivity index (χ4n) is 5.31. The number of phosphoric ester groups is 1. The number of quaternary nitrogens is 1. The third-order valence-electron chi connectivity index (χ3n) is 8.90. The molecule has 346 valence electrons. The van der Waals surface area contributed by atoms with Crippen molar-refractivity contribution in [1.29, 1.82) is 0 Å². The van der Waals surface area contributed by atoms with Crippen LogP contribution in [0.2, 0.25) is 0 Å². The summed E-state index contributed by atoms with van der Waals surface area (Å²) in [5.74, 6) is -1.15. The first-order chi connectivity index (χ1) is 29.4. The molecule has 11 heteroatoms. The zero-order valence-electron chi connectivity index (χ0n) is 38.5. The maximum Gasteiger partial charge on any atom is 0.472 e. The van der Waals surface area contributed by atoms with Crippen LogP contribution in [0.15, 0.2) is 109 Å². The van der Waals surface area contributed by atoms with Crippen molar-refractivity contribution in [3.05, 3.63) is 109 Å². The van der Waals surface area contributed by atoms with Crippen molar-refractivity contribution in [3.8, 4) is 0 Å². The van der Waals surface area contributed by atoms with Gasteiger partial charge in [0.05, 0.1) is 33.9 Å². The molecule has 61 heavy (non-hydrogen) atoms. The van der Waals surface area contributed by atoms with E-state index in [1.165, 1.54) is 38.5 Å². The van der Waals surface area contributed by atoms with Crippen molar-refractivity contribution in [1.82, 2.24) is 0 Å². The number of unbranched alkanes of at least 4 members (excludes halogenated alkanes) is 7. The monoisotopic (exact) mass is 873 g/mol. The molecular weight excluding hydrogens is 790 g/mol. The SMILES string of the molecule is CC/C=C\C/C=C\C/C=C\C/C=C\C/C=C\C=C/C(O)CCC(=O)OC[C@H](COP(=O)(O)OCC[N+](C)(C)C)OC(=O)CCC/C=C\C/C=C\C/C=C\CCCCCCCC. The number of aliphatic hydroxyl groups excluding tert-OH is 1. The van der Waals surface area contributed by atoms with E-state index in [1.807, 2.05) is 39.4 Å². The van der Waals surface area contributed by atoms with Crippen LogP contribution in [0.25, 0.3) is 0 Å². The van der Waals surface area contributed by atoms with E-state index in [9.17, 15) is 24.2 Å². The molecule has 3 atom stereocenters. The van der Waals surface area contributed by atoms with E-state index in [1.54, 1.807) is 12.2 Å². The molecule has 0 amide bonds. The van der Waals surface area contributed by atoms with E-state index in [2.05, 4.69) is 92.8 Å². The van der Waals surface area contributed by atoms with Gasteiger partial charge < -0.3 is 24.0 Å². The second kappa shape index (κ2) is 40.7. The number of likely N-dealkylation sites (N-methyl/N-ethyl adjacent to an activating group) is 1. The molecule has 0 saturated heterocycles. The lowest BCUT2D eigenvalue weighted by Gasteiger charge is -2.24. The second-order valence-electron chi connectivity index (χ2n) is 15.9. The molecule has 0 bridgehead atoms. The number of rotatable bonds is 39. The van der Waals surface area contributed by atoms with Gasteiger partial charge in [-0.1, -0.05) is 155 Å². The largest absolute Gasteiger partial charge is 0.472 e. The molecule has 0 spiro atoms. The van der Waals surface area contributed by atoms with E-state index in [0.717, 1.165) is 51.4 Å². The first kappa shape index (κ1) is 57.6. The van der Waals surface area contributed by atoms with Gasteiger partial charge in [0.2, 0.25) is 0 Å². The zero-order valence-corrected chi connectivity index (χ0v) is 39.4. The molecule has 10 nitrogen and oxygen atoms in total. The number of nitrogens with zero attached hydrogens (tertiary/aromatic N) is 1. The molecular formula is C50H83NO9P+. The summed E-state index contributed by atoms with van der Waals surface area (Å²) < 4.78 is 34.0. The number of hydrogen-bond acceptors (Lipinski definition) is 8. The minimum Gasteiger partial charge on any atom is -0.462 e. The van der Waals surface area contributed by atoms with E-state index >= 15 is 0 Å². The highest BCUT2D eigenvalue weighted by Crippen LogP contribution is 2.43. The Morgan fingerprint density at radius 3 is 1.70 bits per heavy atom. The minimum absolute atomic E-state index is 0.0196. The number of allylic oxidation sites excluding steroid dienone is 17. The summed E-state index contributed by atoms with van der Waals surface area (Å²) in [5.41, 5.74) is 0. The standard InChI is InChI=1S/C50H82NO9P/c1-6-8-10-12-14-16-18-20-22-24-26-28-30-32-34-36-38-40-50(54)60-48(46-59-61(55,56)58-44-43-51(3,4)5)45-57-49(53)42-41-47(52)39-37-35-33-31-29-27-25-23-21-19-17-15-13-11-9-7-2/h9,11,15,17,20-23,26-29,32-35,37,39,47-48,52H,6-8,10,12-14,16,18-19,24-25,30-31,36,38,40-46H2,1-5H3/p+1/b11-9-,17-15-,22-20-,23-21-,28-26-,29-27-,34-32-,35-33-,39-37-/t47?,48-/m1/s1. The van der Waals surface area contributed by atoms with Crippen LogP contribution in [-0.2, 0) is 32.7 Å². The van der Waals surface area contributed by atoms with E-state index in [4.69, 9.17) is 18.5 Å². The maximum atomic E-state index is 12.7. The Morgan fingerprint density at radius 1 is 0.607 bits per heavy atom. The first-order valence-corrected chi connectivity index (χ1v) is 24.2. The van der Waals surface area contributed by atoms with Crippen molar-refractivity contribution in [2.75, 3.05) is 47.5 Å². The van der Waals surface area contributed by atoms with Crippen molar-refractivity contribution < 1.29 is 47.2 Å². The predicted molar refractivity (Wildman–Crippen MR) is 253 cm³/mol. The highest BCUT2D eigenvalue weighted by Gasteiger charge is 2.27. The lowest BCUT2D eigenvalue weighted by molar-refractivity contribution is -0.870. The second-order valence-corrected chi connectivity index (χ2v) is 17.3. The summed E-state index contributed by atoms with van der Waals surface area (Å²) in [6.07, 6.45) is 52.0. The Kier molecular flexibility index (Phi) is 38.4. The van der Waals surface area contributed by atoms with Gasteiger partial charge in [-0.05, 0) is 77.0 Å². The quantitative estimate of drug-likeness (QED) is 0.0155. The number of carbonyl (C=O) groups is 2. The minimum atomic E-state index is -4.45. The molecule has 0 saturated carbocycles. The summed E-state index contributed by atoms with van der Waals surface area (Å²) in [6, 6.07) is 0. The molecule has 2 unspecified atom stereocenters. The van der Waals surface area contributed by atoms with Gasteiger partial charge in [0.1, 0.15) is 19.8 Å². The maximum absolute atomic E-state index is 12.7. The zero-order chi connectivity index (χ0) is 45.1. The van der Waals surface area contributed by atoms with Crippen LogP contribution >= 0.6 is 7.82 Å². The van der Waals surface area contributed by atoms with Gasteiger partial charge in [0, 0.05) is 12.8 Å². The van der Waals surface area contributed by atoms with Crippen LogP contribution in [0.1, 0.15) is 136 Å². The first-order valence-electron chi connectivity index (χ1n) is 22.7. The number of ether oxygens (including phenoxy) is 2. The molecule has 0 aromatic carbocycles. The molecule has 0 aliphatic carbocycles. The van der Waals surface area contributed by atoms with Gasteiger partial charge in [-0.2, -0.15) is 0 Å². The number of phosphoric acid groups is 1. The van der Waals surface area contributed by atoms with Gasteiger partial charge in [-0.25, -0.2) is 4.57 Å². The molecule has 2 N–H and O–H groups in total. The lowest BCUT2D eigenvalue weighted by Crippen LogP contribution is -2.37. The average molecular weight is 873 g/mol. The summed E-state index contributed by atoms with van der Waals surface area (Å²) in [7, 11) is 1.30. The smallest absolute Gasteiger partial charge is 0.462 e. The molecule has 0 rings (SSSR count). The third kappa shape index (κ3) is 44.5. The topological polar surface area (TPSA) is 129 Å². The summed E-state index contributed by atoms with van der Waals surface area (Å²) in [6.45, 7) is 3.93. The lowest BCUT2D eigenvalue weighted by atomic mass is 10.1. The van der Waals surface area contributed by atoms with Gasteiger partial charge in [0.15, 0.2) is 6.10 Å². The van der Waals surface area contributed by atoms with Crippen LogP contribution < -0.4 is 0 Å². The van der Waals surface area contributed by atoms with Gasteiger partial charge in [0.25, 0.3) is 0 Å². The van der Waals surface area contributed by atoms with Gasteiger partial charge in [-0.3, -0.25) is 18.6 Å². The van der Waals surface area contributed by atoms with Crippen LogP contribution in [-0.4, -0.2) is 86.1 Å². The number of carbonyl (C=O) groups excluding carboxylic acids is 2. The Hall–Kier alpha value is -3.37. The Balaban J connectivity index is 4.68. The summed E-state index contributed by atoms with van der Waals surface area (Å²) in [5, 5.41) is 10.3. The van der Waals surface area contributed by atoms with Crippen LogP contribution in [0.5, 0.6) is 0 Å². The van der Waals surface area contributed by atoms with Crippen molar-refractivity contribution in [2.45, 2.75) is 148 Å². The molecule has 0 aliphatic heterocycles. The molecule has 0 aromatic rings. The fourth-order valence-corrected chi connectivity index (χ4v) is 6.06. The van der Waals surface area contributed by atoms with E-state index in [-0.39, 0.29) is 32.5 Å². The highest BCUT2D eigenvalue weighted by molar-refractivity contribution is 7.47. The Morgan fingerprint density at radius 2 is 1.13 bits per heavy atom. The van der Waals surface area contributed by atoms with Gasteiger partial charge in [-0.15, -0.1) is 0 Å². The Labute approximate surface area is 370 Å². The predicted octanol–water partition coefficient (Wildman–Crippen LogP) is 12.1. The van der Waals surface area contributed by atoms with Crippen LogP contribution in [0.3, 0.4) is 0 Å². The Bertz CT molecular complexity index is 1420. The van der Waals surface area contributed by atoms with E-state index < -0.39 is 38.6 Å².